The van der Waals surface area contributed by atoms with Gasteiger partial charge in [-0.25, -0.2) is 19.3 Å². The molecular formula is C25H28FN5O8P2. The normalized spacial score (nSPS) is 22.6. The topological polar surface area (TPSA) is 189 Å². The van der Waals surface area contributed by atoms with Gasteiger partial charge >= 0.3 is 15.2 Å². The van der Waals surface area contributed by atoms with E-state index >= 15 is 4.39 Å². The molecule has 1 aliphatic rings. The van der Waals surface area contributed by atoms with Crippen LogP contribution in [0.25, 0.3) is 11.2 Å². The number of aliphatic hydroxyl groups excluding tert-OH is 1. The minimum Gasteiger partial charge on any atom is -0.385 e. The van der Waals surface area contributed by atoms with Gasteiger partial charge in [0.2, 0.25) is 5.79 Å². The zero-order valence-corrected chi connectivity index (χ0v) is 23.3. The number of rotatable bonds is 11. The summed E-state index contributed by atoms with van der Waals surface area (Å²) in [6.07, 6.45) is -1.82. The van der Waals surface area contributed by atoms with Crippen molar-refractivity contribution < 1.29 is 42.6 Å². The Morgan fingerprint density at radius 1 is 1.05 bits per heavy atom. The molecule has 218 valence electrons. The lowest BCUT2D eigenvalue weighted by atomic mass is 10.1. The van der Waals surface area contributed by atoms with Gasteiger partial charge < -0.3 is 34.4 Å². The highest BCUT2D eigenvalue weighted by atomic mass is 31.2. The van der Waals surface area contributed by atoms with Crippen molar-refractivity contribution >= 4 is 32.2 Å². The number of aliphatic hydroxyl groups is 1. The number of nitrogens with one attached hydrogen (secondary N) is 1. The van der Waals surface area contributed by atoms with Crippen molar-refractivity contribution in [1.82, 2.24) is 19.5 Å². The minimum absolute atomic E-state index is 0.0857. The molecule has 0 amide bonds. The second-order valence-corrected chi connectivity index (χ2v) is 13.6. The average molecular weight is 607 g/mol. The summed E-state index contributed by atoms with van der Waals surface area (Å²) in [5.74, 6) is -3.29. The fourth-order valence-electron chi connectivity index (χ4n) is 4.48. The molecule has 4 atom stereocenters. The van der Waals surface area contributed by atoms with E-state index in [1.165, 1.54) is 6.33 Å². The van der Waals surface area contributed by atoms with E-state index in [0.29, 0.717) is 24.6 Å². The van der Waals surface area contributed by atoms with Crippen molar-refractivity contribution in [3.8, 4) is 0 Å². The maximum Gasteiger partial charge on any atom is 0.340 e. The van der Waals surface area contributed by atoms with E-state index in [2.05, 4.69) is 20.3 Å². The van der Waals surface area contributed by atoms with Gasteiger partial charge in [0.05, 0.1) is 12.9 Å². The second kappa shape index (κ2) is 11.7. The first kappa shape index (κ1) is 29.4. The van der Waals surface area contributed by atoms with Gasteiger partial charge in [0.25, 0.3) is 0 Å². The first-order valence-electron chi connectivity index (χ1n) is 12.5. The summed E-state index contributed by atoms with van der Waals surface area (Å²) in [5.41, 5.74) is 2.24. The van der Waals surface area contributed by atoms with Crippen LogP contribution in [0.3, 0.4) is 0 Å². The van der Waals surface area contributed by atoms with E-state index < -0.39 is 52.3 Å². The first-order valence-corrected chi connectivity index (χ1v) is 16.1. The molecule has 0 bridgehead atoms. The van der Waals surface area contributed by atoms with Crippen molar-refractivity contribution in [2.45, 2.75) is 31.0 Å². The molecule has 2 aromatic heterocycles. The molecule has 0 radical (unpaired) electrons. The molecule has 1 unspecified atom stereocenters. The Hall–Kier alpha value is -3.06. The first-order chi connectivity index (χ1) is 19.4. The minimum atomic E-state index is -4.86. The molecular weight excluding hydrogens is 579 g/mol. The fourth-order valence-corrected chi connectivity index (χ4v) is 7.05. The predicted octanol–water partition coefficient (Wildman–Crippen LogP) is 2.75. The maximum atomic E-state index is 16.4. The molecule has 3 heterocycles. The van der Waals surface area contributed by atoms with E-state index in [9.17, 15) is 19.1 Å². The summed E-state index contributed by atoms with van der Waals surface area (Å²) in [4.78, 5) is 41.2. The second-order valence-electron chi connectivity index (χ2n) is 9.63. The van der Waals surface area contributed by atoms with Gasteiger partial charge in [0.15, 0.2) is 22.9 Å². The van der Waals surface area contributed by atoms with Crippen LogP contribution in [0.1, 0.15) is 17.0 Å². The zero-order chi connectivity index (χ0) is 29.3. The van der Waals surface area contributed by atoms with Crippen molar-refractivity contribution in [2.24, 2.45) is 0 Å². The number of nitrogens with zero attached hydrogens (tertiary/aromatic N) is 4. The van der Waals surface area contributed by atoms with Crippen LogP contribution in [0.15, 0.2) is 67.0 Å². The Balaban J connectivity index is 1.44. The Bertz CT molecular complexity index is 1610. The average Bonchev–Trinajstić information content (AvgIpc) is 3.48. The Morgan fingerprint density at radius 2 is 1.71 bits per heavy atom. The zero-order valence-electron chi connectivity index (χ0n) is 21.5. The monoisotopic (exact) mass is 607 g/mol. The number of anilines is 1. The van der Waals surface area contributed by atoms with Crippen LogP contribution in [-0.2, 0) is 37.1 Å². The summed E-state index contributed by atoms with van der Waals surface area (Å²) in [6, 6.07) is 19.0. The van der Waals surface area contributed by atoms with E-state index in [1.54, 1.807) is 0 Å². The predicted molar refractivity (Wildman–Crippen MR) is 146 cm³/mol. The molecule has 5 N–H and O–H groups in total. The highest BCUT2D eigenvalue weighted by Crippen LogP contribution is 2.55. The third-order valence-corrected chi connectivity index (χ3v) is 9.92. The van der Waals surface area contributed by atoms with Gasteiger partial charge in [0.1, 0.15) is 24.6 Å². The lowest BCUT2D eigenvalue weighted by Gasteiger charge is -2.25. The van der Waals surface area contributed by atoms with Crippen molar-refractivity contribution in [3.63, 3.8) is 0 Å². The molecule has 13 nitrogen and oxygen atoms in total. The number of fused-ring (bicyclic) bond motifs is 1. The molecule has 1 fully saturated rings. The number of benzene rings is 2. The van der Waals surface area contributed by atoms with Crippen molar-refractivity contribution in [2.75, 3.05) is 24.4 Å². The number of alkyl halides is 1. The van der Waals surface area contributed by atoms with Gasteiger partial charge in [-0.3, -0.25) is 13.7 Å². The Morgan fingerprint density at radius 3 is 2.37 bits per heavy atom. The van der Waals surface area contributed by atoms with E-state index in [1.807, 2.05) is 60.7 Å². The van der Waals surface area contributed by atoms with Crippen molar-refractivity contribution in [1.29, 1.82) is 0 Å². The molecule has 41 heavy (non-hydrogen) atoms. The molecule has 1 saturated heterocycles. The largest absolute Gasteiger partial charge is 0.385 e. The number of halogens is 1. The van der Waals surface area contributed by atoms with E-state index in [0.717, 1.165) is 15.7 Å². The number of imidazole rings is 1. The molecule has 1 aliphatic heterocycles. The number of hydrogen-bond acceptors (Lipinski definition) is 9. The number of ether oxygens (including phenoxy) is 1. The van der Waals surface area contributed by atoms with Crippen molar-refractivity contribution in [3.05, 3.63) is 83.9 Å². The number of aromatic nitrogens is 4. The van der Waals surface area contributed by atoms with Crippen LogP contribution in [0.5, 0.6) is 0 Å². The van der Waals surface area contributed by atoms with Gasteiger partial charge in [-0.2, -0.15) is 0 Å². The molecule has 2 aromatic carbocycles. The fraction of sp³-hybridized carbons (Fsp3) is 0.320. The van der Waals surface area contributed by atoms with Gasteiger partial charge in [-0.15, -0.1) is 0 Å². The van der Waals surface area contributed by atoms with Crippen LogP contribution >= 0.6 is 15.2 Å². The molecule has 0 saturated carbocycles. The quantitative estimate of drug-likeness (QED) is 0.157. The smallest absolute Gasteiger partial charge is 0.340 e. The molecule has 16 heteroatoms. The highest BCUT2D eigenvalue weighted by molar-refractivity contribution is 7.70. The van der Waals surface area contributed by atoms with Gasteiger partial charge in [0, 0.05) is 13.0 Å². The van der Waals surface area contributed by atoms with Crippen LogP contribution < -0.4 is 5.32 Å². The van der Waals surface area contributed by atoms with E-state index in [-0.39, 0.29) is 11.2 Å². The SMILES string of the molecule is O=P(O)(O)CP(=O)(O)OC[C@H]1OC[C@@](F)(n2cnc3c(NCc4ccccc4)nc(Cc4ccccc4)nc32)[C@@H]1O. The van der Waals surface area contributed by atoms with Gasteiger partial charge in [-0.05, 0) is 11.1 Å². The highest BCUT2D eigenvalue weighted by Gasteiger charge is 2.53. The molecule has 0 aliphatic carbocycles. The van der Waals surface area contributed by atoms with Gasteiger partial charge in [-0.1, -0.05) is 60.7 Å². The summed E-state index contributed by atoms with van der Waals surface area (Å²) in [6.45, 7) is -1.05. The standard InChI is InChI=1S/C25H28FN5O8P2/c26-25(14-38-19(22(25)32)13-39-41(36,37)16-40(33,34)35)31-15-28-21-23(27-12-18-9-5-2-6-10-18)29-20(30-24(21)31)11-17-7-3-1-4-8-17/h1-10,15,19,22,32H,11-14,16H2,(H,36,37)(H,27,29,30)(H2,33,34,35)/t19-,22-,25-/m1/s1. The Labute approximate surface area is 233 Å². The summed E-state index contributed by atoms with van der Waals surface area (Å²) in [7, 11) is -9.60. The van der Waals surface area contributed by atoms with E-state index in [4.69, 9.17) is 19.0 Å². The Kier molecular flexibility index (Phi) is 8.38. The van der Waals surface area contributed by atoms with Crippen LogP contribution in [0.4, 0.5) is 10.2 Å². The molecule has 0 spiro atoms. The molecule has 4 aromatic rings. The third kappa shape index (κ3) is 6.88. The summed E-state index contributed by atoms with van der Waals surface area (Å²) >= 11 is 0. The lowest BCUT2D eigenvalue weighted by molar-refractivity contribution is -0.0448. The van der Waals surface area contributed by atoms with Crippen LogP contribution in [0.2, 0.25) is 0 Å². The summed E-state index contributed by atoms with van der Waals surface area (Å²) in [5, 5.41) is 14.1. The van der Waals surface area contributed by atoms with Crippen LogP contribution in [-0.4, -0.2) is 70.6 Å². The molecule has 5 rings (SSSR count). The lowest BCUT2D eigenvalue weighted by Crippen LogP contribution is -2.43. The summed E-state index contributed by atoms with van der Waals surface area (Å²) < 4.78 is 50.7. The van der Waals surface area contributed by atoms with Crippen LogP contribution in [0, 0.1) is 0 Å². The third-order valence-electron chi connectivity index (χ3n) is 6.46. The number of hydrogen-bond donors (Lipinski definition) is 5. The maximum absolute atomic E-state index is 16.4.